The molecule has 1 unspecified atom stereocenters. The summed E-state index contributed by atoms with van der Waals surface area (Å²) < 4.78 is 16.9. The summed E-state index contributed by atoms with van der Waals surface area (Å²) in [6.07, 6.45) is 0.679. The lowest BCUT2D eigenvalue weighted by atomic mass is 10.0. The average molecular weight is 403 g/mol. The number of rotatable bonds is 4. The van der Waals surface area contributed by atoms with Crippen LogP contribution in [-0.4, -0.2) is 28.7 Å². The minimum Gasteiger partial charge on any atom is -0.488 e. The second kappa shape index (κ2) is 7.02. The Morgan fingerprint density at radius 1 is 1.20 bits per heavy atom. The number of aryl methyl sites for hydroxylation is 3. The van der Waals surface area contributed by atoms with E-state index >= 15 is 0 Å². The Hall–Kier alpha value is -3.61. The first kappa shape index (κ1) is 18.4. The van der Waals surface area contributed by atoms with Gasteiger partial charge in [0.1, 0.15) is 23.4 Å². The summed E-state index contributed by atoms with van der Waals surface area (Å²) in [6, 6.07) is 11.6. The van der Waals surface area contributed by atoms with Crippen LogP contribution in [0.3, 0.4) is 0 Å². The van der Waals surface area contributed by atoms with Crippen LogP contribution >= 0.6 is 0 Å². The van der Waals surface area contributed by atoms with Crippen LogP contribution in [0.25, 0.3) is 22.4 Å². The van der Waals surface area contributed by atoms with E-state index in [9.17, 15) is 4.79 Å². The van der Waals surface area contributed by atoms with Gasteiger partial charge in [0.15, 0.2) is 0 Å². The Balaban J connectivity index is 1.43. The van der Waals surface area contributed by atoms with E-state index in [2.05, 4.69) is 15.5 Å². The summed E-state index contributed by atoms with van der Waals surface area (Å²) in [6.45, 7) is 5.95. The third-order valence-corrected chi connectivity index (χ3v) is 5.38. The molecule has 152 valence electrons. The molecule has 1 amide bonds. The van der Waals surface area contributed by atoms with Crippen molar-refractivity contribution >= 4 is 17.0 Å². The molecule has 3 aromatic heterocycles. The number of aromatic nitrogens is 2. The molecule has 0 radical (unpaired) electrons. The summed E-state index contributed by atoms with van der Waals surface area (Å²) in [5.41, 5.74) is 4.03. The van der Waals surface area contributed by atoms with Crippen molar-refractivity contribution in [1.29, 1.82) is 0 Å². The zero-order valence-corrected chi connectivity index (χ0v) is 17.0. The van der Waals surface area contributed by atoms with Crippen molar-refractivity contribution < 1.29 is 18.5 Å². The lowest BCUT2D eigenvalue weighted by Gasteiger charge is -2.13. The Kier molecular flexibility index (Phi) is 4.31. The molecule has 7 nitrogen and oxygen atoms in total. The first-order chi connectivity index (χ1) is 14.5. The topological polar surface area (TPSA) is 90.4 Å². The van der Waals surface area contributed by atoms with Crippen molar-refractivity contribution in [2.24, 2.45) is 0 Å². The molecule has 0 saturated carbocycles. The predicted molar refractivity (Wildman–Crippen MR) is 111 cm³/mol. The van der Waals surface area contributed by atoms with E-state index in [1.54, 1.807) is 13.0 Å². The number of hydrogen-bond acceptors (Lipinski definition) is 6. The van der Waals surface area contributed by atoms with Gasteiger partial charge in [0.05, 0.1) is 28.9 Å². The molecule has 4 heterocycles. The number of fused-ring (bicyclic) bond motifs is 2. The van der Waals surface area contributed by atoms with E-state index in [1.165, 1.54) is 0 Å². The SMILES string of the molecule is Cc1cc(-c2cc(C(=O)NCC3Cc4ccccc4O3)c3c(C)noc3n2)c(C)o1. The Labute approximate surface area is 173 Å². The van der Waals surface area contributed by atoms with Gasteiger partial charge in [0.2, 0.25) is 0 Å². The normalized spacial score (nSPS) is 15.2. The van der Waals surface area contributed by atoms with Gasteiger partial charge in [-0.1, -0.05) is 23.4 Å². The monoisotopic (exact) mass is 403 g/mol. The molecule has 1 N–H and O–H groups in total. The maximum atomic E-state index is 13.1. The number of para-hydroxylation sites is 1. The number of benzene rings is 1. The van der Waals surface area contributed by atoms with Gasteiger partial charge >= 0.3 is 0 Å². The number of pyridine rings is 1. The van der Waals surface area contributed by atoms with E-state index < -0.39 is 0 Å². The summed E-state index contributed by atoms with van der Waals surface area (Å²) in [4.78, 5) is 17.7. The molecular formula is C23H21N3O4. The molecule has 0 spiro atoms. The lowest BCUT2D eigenvalue weighted by molar-refractivity contribution is 0.0935. The number of ether oxygens (including phenoxy) is 1. The maximum absolute atomic E-state index is 13.1. The van der Waals surface area contributed by atoms with Crippen LogP contribution in [0.5, 0.6) is 5.75 Å². The minimum absolute atomic E-state index is 0.0921. The van der Waals surface area contributed by atoms with Gasteiger partial charge in [0, 0.05) is 12.0 Å². The van der Waals surface area contributed by atoms with E-state index in [0.717, 1.165) is 34.8 Å². The van der Waals surface area contributed by atoms with Crippen LogP contribution in [0.15, 0.2) is 45.3 Å². The third-order valence-electron chi connectivity index (χ3n) is 5.38. The fraction of sp³-hybridized carbons (Fsp3) is 0.261. The zero-order valence-electron chi connectivity index (χ0n) is 17.0. The van der Waals surface area contributed by atoms with Gasteiger partial charge in [-0.05, 0) is 44.5 Å². The van der Waals surface area contributed by atoms with Crippen molar-refractivity contribution in [3.8, 4) is 17.0 Å². The van der Waals surface area contributed by atoms with Crippen molar-refractivity contribution in [2.45, 2.75) is 33.3 Å². The molecule has 1 aromatic carbocycles. The number of hydrogen-bond donors (Lipinski definition) is 1. The molecule has 7 heteroatoms. The van der Waals surface area contributed by atoms with Crippen molar-refractivity contribution in [3.05, 3.63) is 64.7 Å². The molecule has 0 saturated heterocycles. The number of furan rings is 1. The zero-order chi connectivity index (χ0) is 20.8. The highest BCUT2D eigenvalue weighted by molar-refractivity contribution is 6.07. The summed E-state index contributed by atoms with van der Waals surface area (Å²) in [7, 11) is 0. The van der Waals surface area contributed by atoms with E-state index in [-0.39, 0.29) is 12.0 Å². The molecule has 1 atom stereocenters. The van der Waals surface area contributed by atoms with Crippen molar-refractivity contribution in [3.63, 3.8) is 0 Å². The molecule has 1 aliphatic rings. The maximum Gasteiger partial charge on any atom is 0.259 e. The summed E-state index contributed by atoms with van der Waals surface area (Å²) >= 11 is 0. The first-order valence-corrected chi connectivity index (χ1v) is 9.87. The van der Waals surface area contributed by atoms with Gasteiger partial charge in [-0.15, -0.1) is 0 Å². The Morgan fingerprint density at radius 2 is 2.03 bits per heavy atom. The smallest absolute Gasteiger partial charge is 0.259 e. The summed E-state index contributed by atoms with van der Waals surface area (Å²) in [5, 5.41) is 7.61. The average Bonchev–Trinajstić information content (AvgIpc) is 3.41. The number of nitrogens with zero attached hydrogens (tertiary/aromatic N) is 2. The highest BCUT2D eigenvalue weighted by Crippen LogP contribution is 2.31. The van der Waals surface area contributed by atoms with Gasteiger partial charge in [-0.25, -0.2) is 4.98 Å². The Bertz CT molecular complexity index is 1250. The van der Waals surface area contributed by atoms with Gasteiger partial charge < -0.3 is 19.0 Å². The number of carbonyl (C=O) groups is 1. The quantitative estimate of drug-likeness (QED) is 0.551. The van der Waals surface area contributed by atoms with Crippen molar-refractivity contribution in [2.75, 3.05) is 6.54 Å². The molecule has 30 heavy (non-hydrogen) atoms. The van der Waals surface area contributed by atoms with Crippen LogP contribution in [0.2, 0.25) is 0 Å². The van der Waals surface area contributed by atoms with Crippen LogP contribution in [0.1, 0.15) is 33.1 Å². The predicted octanol–water partition coefficient (Wildman–Crippen LogP) is 4.14. The second-order valence-electron chi connectivity index (χ2n) is 7.59. The van der Waals surface area contributed by atoms with Crippen LogP contribution in [-0.2, 0) is 6.42 Å². The molecule has 0 bridgehead atoms. The fourth-order valence-corrected chi connectivity index (χ4v) is 3.97. The number of amides is 1. The van der Waals surface area contributed by atoms with E-state index in [0.29, 0.717) is 34.6 Å². The largest absolute Gasteiger partial charge is 0.488 e. The molecular weight excluding hydrogens is 382 g/mol. The van der Waals surface area contributed by atoms with Gasteiger partial charge in [-0.2, -0.15) is 0 Å². The second-order valence-corrected chi connectivity index (χ2v) is 7.59. The minimum atomic E-state index is -0.215. The van der Waals surface area contributed by atoms with Gasteiger partial charge in [0.25, 0.3) is 11.6 Å². The fourth-order valence-electron chi connectivity index (χ4n) is 3.97. The number of nitrogens with one attached hydrogen (secondary N) is 1. The highest BCUT2D eigenvalue weighted by Gasteiger charge is 2.25. The molecule has 0 fully saturated rings. The first-order valence-electron chi connectivity index (χ1n) is 9.87. The van der Waals surface area contributed by atoms with Crippen molar-refractivity contribution in [1.82, 2.24) is 15.5 Å². The van der Waals surface area contributed by atoms with Gasteiger partial charge in [-0.3, -0.25) is 4.79 Å². The van der Waals surface area contributed by atoms with Crippen LogP contribution in [0, 0.1) is 20.8 Å². The summed E-state index contributed by atoms with van der Waals surface area (Å²) in [5.74, 6) is 2.18. The van der Waals surface area contributed by atoms with Crippen LogP contribution in [0.4, 0.5) is 0 Å². The van der Waals surface area contributed by atoms with E-state index in [1.807, 2.05) is 44.2 Å². The molecule has 1 aliphatic heterocycles. The Morgan fingerprint density at radius 3 is 2.80 bits per heavy atom. The van der Waals surface area contributed by atoms with Crippen LogP contribution < -0.4 is 10.1 Å². The van der Waals surface area contributed by atoms with E-state index in [4.69, 9.17) is 13.7 Å². The number of carbonyl (C=O) groups excluding carboxylic acids is 1. The molecule has 0 aliphatic carbocycles. The molecule has 5 rings (SSSR count). The third kappa shape index (κ3) is 3.12. The highest BCUT2D eigenvalue weighted by atomic mass is 16.5. The lowest BCUT2D eigenvalue weighted by Crippen LogP contribution is -2.34. The molecule has 4 aromatic rings. The standard InChI is InChI=1S/C23H21N3O4/c1-12-8-17(14(3)28-12)19-10-18(21-13(2)26-30-23(21)25-19)22(27)24-11-16-9-15-6-4-5-7-20(15)29-16/h4-8,10,16H,9,11H2,1-3H3,(H,24,27).